The van der Waals surface area contributed by atoms with Gasteiger partial charge < -0.3 is 4.74 Å². The third-order valence-corrected chi connectivity index (χ3v) is 4.00. The summed E-state index contributed by atoms with van der Waals surface area (Å²) < 4.78 is 5.43. The second kappa shape index (κ2) is 5.77. The van der Waals surface area contributed by atoms with Gasteiger partial charge in [-0.1, -0.05) is 12.1 Å². The minimum Gasteiger partial charge on any atom is -0.370 e. The normalized spacial score (nSPS) is 21.5. The number of benzene rings is 1. The van der Waals surface area contributed by atoms with Gasteiger partial charge in [0.05, 0.1) is 11.1 Å². The molecule has 0 aliphatic carbocycles. The Bertz CT molecular complexity index is 555. The number of ketones is 1. The van der Waals surface area contributed by atoms with Crippen LogP contribution in [0.15, 0.2) is 24.3 Å². The van der Waals surface area contributed by atoms with Crippen LogP contribution in [-0.2, 0) is 9.53 Å². The van der Waals surface area contributed by atoms with E-state index in [2.05, 4.69) is 0 Å². The van der Waals surface area contributed by atoms with Gasteiger partial charge in [-0.3, -0.25) is 19.3 Å². The van der Waals surface area contributed by atoms with Crippen LogP contribution >= 0.6 is 0 Å². The van der Waals surface area contributed by atoms with Gasteiger partial charge in [-0.15, -0.1) is 0 Å². The Morgan fingerprint density at radius 3 is 2.38 bits per heavy atom. The van der Waals surface area contributed by atoms with Crippen molar-refractivity contribution >= 4 is 17.6 Å². The van der Waals surface area contributed by atoms with Crippen LogP contribution < -0.4 is 0 Å². The molecule has 1 aromatic rings. The molecule has 1 fully saturated rings. The molecule has 0 N–H and O–H groups in total. The molecule has 3 rings (SSSR count). The zero-order chi connectivity index (χ0) is 14.8. The Labute approximate surface area is 122 Å². The number of imide groups is 1. The van der Waals surface area contributed by atoms with Crippen molar-refractivity contribution in [1.82, 2.24) is 4.90 Å². The smallest absolute Gasteiger partial charge is 0.261 e. The molecule has 21 heavy (non-hydrogen) atoms. The largest absolute Gasteiger partial charge is 0.370 e. The molecule has 2 heterocycles. The zero-order valence-electron chi connectivity index (χ0n) is 11.7. The molecular weight excluding hydrogens is 270 g/mol. The quantitative estimate of drug-likeness (QED) is 0.792. The van der Waals surface area contributed by atoms with Crippen molar-refractivity contribution in [3.63, 3.8) is 0 Å². The zero-order valence-corrected chi connectivity index (χ0v) is 11.7. The summed E-state index contributed by atoms with van der Waals surface area (Å²) in [4.78, 5) is 37.5. The molecule has 0 bridgehead atoms. The van der Waals surface area contributed by atoms with Crippen molar-refractivity contribution in [3.8, 4) is 0 Å². The highest BCUT2D eigenvalue weighted by Crippen LogP contribution is 2.23. The number of fused-ring (bicyclic) bond motifs is 1. The minimum atomic E-state index is -0.367. The van der Waals surface area contributed by atoms with Crippen LogP contribution in [0.2, 0.25) is 0 Å². The summed E-state index contributed by atoms with van der Waals surface area (Å²) in [6.07, 6.45) is 2.51. The Balaban J connectivity index is 1.63. The highest BCUT2D eigenvalue weighted by atomic mass is 16.5. The fraction of sp³-hybridized carbons (Fsp3) is 0.438. The first-order chi connectivity index (χ1) is 10.2. The number of Topliss-reactive ketones (excluding diaryl/α,β-unsaturated/α-hetero) is 1. The molecule has 0 aromatic heterocycles. The first-order valence-electron chi connectivity index (χ1n) is 7.28. The van der Waals surface area contributed by atoms with E-state index >= 15 is 0 Å². The molecular formula is C16H17NO4. The molecule has 2 amide bonds. The molecule has 1 unspecified atom stereocenters. The summed E-state index contributed by atoms with van der Waals surface area (Å²) in [5.41, 5.74) is 0.840. The number of nitrogens with zero attached hydrogens (tertiary/aromatic N) is 1. The van der Waals surface area contributed by atoms with E-state index in [1.165, 1.54) is 0 Å². The van der Waals surface area contributed by atoms with Gasteiger partial charge in [0, 0.05) is 19.6 Å². The SMILES string of the molecule is O=C(CCN1C(=O)c2ccccc2C1=O)C1CCCCO1. The lowest BCUT2D eigenvalue weighted by atomic mass is 10.0. The fourth-order valence-corrected chi connectivity index (χ4v) is 2.82. The van der Waals surface area contributed by atoms with E-state index in [4.69, 9.17) is 4.74 Å². The minimum absolute atomic E-state index is 0.0220. The Morgan fingerprint density at radius 2 is 1.81 bits per heavy atom. The van der Waals surface area contributed by atoms with E-state index in [1.54, 1.807) is 24.3 Å². The average Bonchev–Trinajstić information content (AvgIpc) is 2.78. The van der Waals surface area contributed by atoms with Crippen molar-refractivity contribution < 1.29 is 19.1 Å². The predicted molar refractivity (Wildman–Crippen MR) is 75.0 cm³/mol. The topological polar surface area (TPSA) is 63.7 Å². The molecule has 0 saturated carbocycles. The van der Waals surface area contributed by atoms with E-state index in [0.717, 1.165) is 24.2 Å². The van der Waals surface area contributed by atoms with Crippen molar-refractivity contribution in [1.29, 1.82) is 0 Å². The lowest BCUT2D eigenvalue weighted by molar-refractivity contribution is -0.133. The first-order valence-corrected chi connectivity index (χ1v) is 7.28. The number of ether oxygens (including phenoxy) is 1. The molecule has 1 saturated heterocycles. The van der Waals surface area contributed by atoms with Gasteiger partial charge in [0.2, 0.25) is 0 Å². The summed E-state index contributed by atoms with van der Waals surface area (Å²) in [7, 11) is 0. The first kappa shape index (κ1) is 13.9. The molecule has 5 heteroatoms. The highest BCUT2D eigenvalue weighted by molar-refractivity contribution is 6.21. The van der Waals surface area contributed by atoms with Crippen LogP contribution in [0.3, 0.4) is 0 Å². The predicted octanol–water partition coefficient (Wildman–Crippen LogP) is 1.81. The van der Waals surface area contributed by atoms with Crippen molar-refractivity contribution in [3.05, 3.63) is 35.4 Å². The highest BCUT2D eigenvalue weighted by Gasteiger charge is 2.35. The number of amides is 2. The van der Waals surface area contributed by atoms with Gasteiger partial charge in [-0.05, 0) is 31.4 Å². The summed E-state index contributed by atoms with van der Waals surface area (Å²) in [5.74, 6) is -0.646. The number of rotatable bonds is 4. The Kier molecular flexibility index (Phi) is 3.84. The van der Waals surface area contributed by atoms with E-state index in [1.807, 2.05) is 0 Å². The molecule has 2 aliphatic heterocycles. The summed E-state index contributed by atoms with van der Waals surface area (Å²) in [6, 6.07) is 6.74. The standard InChI is InChI=1S/C16H17NO4/c18-13(14-7-3-4-10-21-14)8-9-17-15(19)11-5-1-2-6-12(11)16(17)20/h1-2,5-6,14H,3-4,7-10H2. The lowest BCUT2D eigenvalue weighted by Gasteiger charge is -2.22. The second-order valence-corrected chi connectivity index (χ2v) is 5.38. The maximum Gasteiger partial charge on any atom is 0.261 e. The maximum atomic E-state index is 12.2. The van der Waals surface area contributed by atoms with Gasteiger partial charge in [0.25, 0.3) is 11.8 Å². The fourth-order valence-electron chi connectivity index (χ4n) is 2.82. The van der Waals surface area contributed by atoms with E-state index in [9.17, 15) is 14.4 Å². The van der Waals surface area contributed by atoms with E-state index in [-0.39, 0.29) is 36.7 Å². The summed E-state index contributed by atoms with van der Waals surface area (Å²) >= 11 is 0. The molecule has 1 aromatic carbocycles. The van der Waals surface area contributed by atoms with Gasteiger partial charge in [-0.2, -0.15) is 0 Å². The Hall–Kier alpha value is -2.01. The number of hydrogen-bond donors (Lipinski definition) is 0. The Morgan fingerprint density at radius 1 is 1.14 bits per heavy atom. The van der Waals surface area contributed by atoms with Crippen LogP contribution in [0.5, 0.6) is 0 Å². The van der Waals surface area contributed by atoms with Crippen molar-refractivity contribution in [2.45, 2.75) is 31.8 Å². The second-order valence-electron chi connectivity index (χ2n) is 5.38. The lowest BCUT2D eigenvalue weighted by Crippen LogP contribution is -2.35. The van der Waals surface area contributed by atoms with Crippen molar-refractivity contribution in [2.24, 2.45) is 0 Å². The van der Waals surface area contributed by atoms with Crippen molar-refractivity contribution in [2.75, 3.05) is 13.2 Å². The third-order valence-electron chi connectivity index (χ3n) is 4.00. The van der Waals surface area contributed by atoms with Gasteiger partial charge in [0.1, 0.15) is 6.10 Å². The molecule has 1 atom stereocenters. The number of hydrogen-bond acceptors (Lipinski definition) is 4. The maximum absolute atomic E-state index is 12.2. The molecule has 5 nitrogen and oxygen atoms in total. The van der Waals surface area contributed by atoms with Crippen LogP contribution in [-0.4, -0.2) is 41.8 Å². The van der Waals surface area contributed by atoms with Gasteiger partial charge in [-0.25, -0.2) is 0 Å². The molecule has 0 spiro atoms. The number of carbonyl (C=O) groups excluding carboxylic acids is 3. The van der Waals surface area contributed by atoms with Crippen LogP contribution in [0.25, 0.3) is 0 Å². The third kappa shape index (κ3) is 2.61. The van der Waals surface area contributed by atoms with Gasteiger partial charge >= 0.3 is 0 Å². The average molecular weight is 287 g/mol. The summed E-state index contributed by atoms with van der Waals surface area (Å²) in [6.45, 7) is 0.745. The molecule has 2 aliphatic rings. The van der Waals surface area contributed by atoms with E-state index < -0.39 is 0 Å². The summed E-state index contributed by atoms with van der Waals surface area (Å²) in [5, 5.41) is 0. The van der Waals surface area contributed by atoms with Crippen LogP contribution in [0.4, 0.5) is 0 Å². The van der Waals surface area contributed by atoms with Gasteiger partial charge in [0.15, 0.2) is 5.78 Å². The molecule has 0 radical (unpaired) electrons. The van der Waals surface area contributed by atoms with Crippen LogP contribution in [0.1, 0.15) is 46.4 Å². The molecule has 110 valence electrons. The monoisotopic (exact) mass is 287 g/mol. The number of carbonyl (C=O) groups is 3. The van der Waals surface area contributed by atoms with Crippen LogP contribution in [0, 0.1) is 0 Å². The van der Waals surface area contributed by atoms with E-state index in [0.29, 0.717) is 17.7 Å².